The van der Waals surface area contributed by atoms with E-state index in [-0.39, 0.29) is 17.3 Å². The van der Waals surface area contributed by atoms with Crippen molar-refractivity contribution in [1.29, 1.82) is 0 Å². The molecule has 0 spiro atoms. The molecule has 0 atom stereocenters. The molecule has 96 valence electrons. The fourth-order valence-corrected chi connectivity index (χ4v) is 1.55. The Bertz CT molecular complexity index is 389. The zero-order valence-corrected chi connectivity index (χ0v) is 9.81. The van der Waals surface area contributed by atoms with E-state index in [0.717, 1.165) is 6.26 Å². The second kappa shape index (κ2) is 5.44. The van der Waals surface area contributed by atoms with Crippen molar-refractivity contribution in [2.75, 3.05) is 13.1 Å². The van der Waals surface area contributed by atoms with Gasteiger partial charge in [-0.3, -0.25) is 4.79 Å². The summed E-state index contributed by atoms with van der Waals surface area (Å²) in [5.74, 6) is -0.775. The van der Waals surface area contributed by atoms with Crippen molar-refractivity contribution in [3.8, 4) is 0 Å². The normalized spacial score (nSPS) is 11.6. The molecule has 0 N–H and O–H groups in total. The highest BCUT2D eigenvalue weighted by atomic mass is 35.5. The Balaban J connectivity index is 2.84. The second-order valence-corrected chi connectivity index (χ2v) is 3.79. The summed E-state index contributed by atoms with van der Waals surface area (Å²) in [6.07, 6.45) is -2.84. The summed E-state index contributed by atoms with van der Waals surface area (Å²) in [4.78, 5) is 12.5. The molecule has 0 aliphatic heterocycles. The minimum absolute atomic E-state index is 0.0137. The lowest BCUT2D eigenvalue weighted by Gasteiger charge is -2.22. The van der Waals surface area contributed by atoms with Crippen LogP contribution in [0.15, 0.2) is 16.7 Å². The van der Waals surface area contributed by atoms with E-state index in [1.165, 1.54) is 6.07 Å². The molecule has 7 heteroatoms. The molecule has 1 aromatic heterocycles. The third-order valence-electron chi connectivity index (χ3n) is 2.00. The van der Waals surface area contributed by atoms with Gasteiger partial charge in [0.1, 0.15) is 6.54 Å². The summed E-state index contributed by atoms with van der Waals surface area (Å²) in [5.41, 5.74) is -0.0515. The van der Waals surface area contributed by atoms with Crippen LogP contribution < -0.4 is 0 Å². The van der Waals surface area contributed by atoms with Crippen LogP contribution in [0.25, 0.3) is 0 Å². The van der Waals surface area contributed by atoms with E-state index < -0.39 is 18.6 Å². The van der Waals surface area contributed by atoms with Gasteiger partial charge in [0.15, 0.2) is 0 Å². The highest BCUT2D eigenvalue weighted by Crippen LogP contribution is 2.22. The maximum absolute atomic E-state index is 12.3. The quantitative estimate of drug-likeness (QED) is 0.840. The lowest BCUT2D eigenvalue weighted by molar-refractivity contribution is -0.140. The largest absolute Gasteiger partial charge is 0.452 e. The minimum atomic E-state index is -4.43. The van der Waals surface area contributed by atoms with Crippen molar-refractivity contribution in [1.82, 2.24) is 4.90 Å². The van der Waals surface area contributed by atoms with Crippen LogP contribution in [-0.4, -0.2) is 30.1 Å². The van der Waals surface area contributed by atoms with Gasteiger partial charge in [-0.2, -0.15) is 13.2 Å². The molecule has 0 bridgehead atoms. The first-order valence-corrected chi connectivity index (χ1v) is 5.32. The van der Waals surface area contributed by atoms with Gasteiger partial charge in [-0.15, -0.1) is 0 Å². The number of carbonyl (C=O) groups excluding carboxylic acids is 1. The molecule has 0 aliphatic rings. The minimum Gasteiger partial charge on any atom is -0.452 e. The van der Waals surface area contributed by atoms with Crippen LogP contribution >= 0.6 is 11.6 Å². The molecule has 0 saturated heterocycles. The zero-order chi connectivity index (χ0) is 13.1. The summed E-state index contributed by atoms with van der Waals surface area (Å²) in [6.45, 7) is 0.411. The van der Waals surface area contributed by atoms with E-state index in [1.54, 1.807) is 6.92 Å². The molecule has 1 rings (SSSR count). The Labute approximate surface area is 101 Å². The molecule has 17 heavy (non-hydrogen) atoms. The standard InChI is InChI=1S/C10H11ClF3NO2/c1-2-4-15(6-10(12,13)14)9(16)7-3-5-17-8(7)11/h3,5H,2,4,6H2,1H3. The van der Waals surface area contributed by atoms with Gasteiger partial charge in [0.25, 0.3) is 5.91 Å². The third kappa shape index (κ3) is 3.96. The summed E-state index contributed by atoms with van der Waals surface area (Å²) in [6, 6.07) is 1.25. The lowest BCUT2D eigenvalue weighted by atomic mass is 10.2. The van der Waals surface area contributed by atoms with Crippen molar-refractivity contribution >= 4 is 17.5 Å². The number of hydrogen-bond donors (Lipinski definition) is 0. The second-order valence-electron chi connectivity index (χ2n) is 3.45. The zero-order valence-electron chi connectivity index (χ0n) is 9.05. The maximum Gasteiger partial charge on any atom is 0.406 e. The van der Waals surface area contributed by atoms with Crippen molar-refractivity contribution < 1.29 is 22.4 Å². The first-order valence-electron chi connectivity index (χ1n) is 4.94. The molecule has 0 fully saturated rings. The summed E-state index contributed by atoms with van der Waals surface area (Å²) >= 11 is 5.55. The molecule has 0 unspecified atom stereocenters. The van der Waals surface area contributed by atoms with Gasteiger partial charge in [0.05, 0.1) is 11.8 Å². The molecular weight excluding hydrogens is 259 g/mol. The Morgan fingerprint density at radius 2 is 2.18 bits per heavy atom. The van der Waals surface area contributed by atoms with Gasteiger partial charge in [0.2, 0.25) is 5.22 Å². The monoisotopic (exact) mass is 269 g/mol. The number of amides is 1. The van der Waals surface area contributed by atoms with Gasteiger partial charge in [0, 0.05) is 6.54 Å². The number of carbonyl (C=O) groups is 1. The Kier molecular flexibility index (Phi) is 4.45. The number of hydrogen-bond acceptors (Lipinski definition) is 2. The predicted octanol–water partition coefficient (Wildman–Crippen LogP) is 3.35. The maximum atomic E-state index is 12.3. The van der Waals surface area contributed by atoms with E-state index in [9.17, 15) is 18.0 Å². The Hall–Kier alpha value is -1.17. The average Bonchev–Trinajstić information content (AvgIpc) is 2.61. The number of rotatable bonds is 4. The van der Waals surface area contributed by atoms with E-state index in [1.807, 2.05) is 0 Å². The van der Waals surface area contributed by atoms with Crippen molar-refractivity contribution in [3.63, 3.8) is 0 Å². The van der Waals surface area contributed by atoms with Crippen LogP contribution in [0.1, 0.15) is 23.7 Å². The SMILES string of the molecule is CCCN(CC(F)(F)F)C(=O)c1ccoc1Cl. The van der Waals surface area contributed by atoms with Gasteiger partial charge in [-0.25, -0.2) is 0 Å². The Morgan fingerprint density at radius 3 is 2.59 bits per heavy atom. The molecule has 0 saturated carbocycles. The lowest BCUT2D eigenvalue weighted by Crippen LogP contribution is -2.39. The summed E-state index contributed by atoms with van der Waals surface area (Å²) in [5, 5.41) is -0.196. The molecular formula is C10H11ClF3NO2. The van der Waals surface area contributed by atoms with Gasteiger partial charge in [-0.05, 0) is 24.1 Å². The average molecular weight is 270 g/mol. The number of furan rings is 1. The molecule has 1 aromatic rings. The van der Waals surface area contributed by atoms with Crippen molar-refractivity contribution in [2.45, 2.75) is 19.5 Å². The topological polar surface area (TPSA) is 33.5 Å². The highest BCUT2D eigenvalue weighted by molar-refractivity contribution is 6.32. The van der Waals surface area contributed by atoms with Crippen LogP contribution in [-0.2, 0) is 0 Å². The summed E-state index contributed by atoms with van der Waals surface area (Å²) < 4.78 is 41.5. The fourth-order valence-electron chi connectivity index (χ4n) is 1.36. The van der Waals surface area contributed by atoms with Gasteiger partial charge >= 0.3 is 6.18 Å². The smallest absolute Gasteiger partial charge is 0.406 e. The fraction of sp³-hybridized carbons (Fsp3) is 0.500. The molecule has 1 heterocycles. The van der Waals surface area contributed by atoms with E-state index >= 15 is 0 Å². The number of alkyl halides is 3. The third-order valence-corrected chi connectivity index (χ3v) is 2.29. The van der Waals surface area contributed by atoms with Crippen LogP contribution in [0.2, 0.25) is 5.22 Å². The number of nitrogens with zero attached hydrogens (tertiary/aromatic N) is 1. The first kappa shape index (κ1) is 13.9. The van der Waals surface area contributed by atoms with E-state index in [4.69, 9.17) is 11.6 Å². The predicted molar refractivity (Wildman–Crippen MR) is 56.0 cm³/mol. The number of halogens is 4. The van der Waals surface area contributed by atoms with E-state index in [2.05, 4.69) is 4.42 Å². The van der Waals surface area contributed by atoms with Crippen LogP contribution in [0.5, 0.6) is 0 Å². The van der Waals surface area contributed by atoms with Crippen molar-refractivity contribution in [3.05, 3.63) is 23.1 Å². The molecule has 1 amide bonds. The van der Waals surface area contributed by atoms with Crippen LogP contribution in [0.3, 0.4) is 0 Å². The van der Waals surface area contributed by atoms with E-state index in [0.29, 0.717) is 11.3 Å². The molecule has 0 aromatic carbocycles. The highest BCUT2D eigenvalue weighted by Gasteiger charge is 2.33. The summed E-state index contributed by atoms with van der Waals surface area (Å²) in [7, 11) is 0. The van der Waals surface area contributed by atoms with Gasteiger partial charge in [-0.1, -0.05) is 6.92 Å². The molecule has 0 radical (unpaired) electrons. The van der Waals surface area contributed by atoms with Crippen LogP contribution in [0, 0.1) is 0 Å². The Morgan fingerprint density at radius 1 is 1.53 bits per heavy atom. The molecule has 0 aliphatic carbocycles. The molecule has 3 nitrogen and oxygen atoms in total. The first-order chi connectivity index (χ1) is 7.85. The van der Waals surface area contributed by atoms with Crippen molar-refractivity contribution in [2.24, 2.45) is 0 Å². The van der Waals surface area contributed by atoms with Gasteiger partial charge < -0.3 is 9.32 Å². The van der Waals surface area contributed by atoms with Crippen LogP contribution in [0.4, 0.5) is 13.2 Å².